The van der Waals surface area contributed by atoms with Gasteiger partial charge in [0.25, 0.3) is 0 Å². The van der Waals surface area contributed by atoms with Crippen LogP contribution in [0.25, 0.3) is 11.1 Å². The number of rotatable bonds is 1. The topological polar surface area (TPSA) is 0 Å². The van der Waals surface area contributed by atoms with Crippen LogP contribution in [-0.2, 0) is 0 Å². The van der Waals surface area contributed by atoms with E-state index in [1.54, 1.807) is 12.1 Å². The van der Waals surface area contributed by atoms with Crippen LogP contribution in [0.4, 0.5) is 0 Å². The van der Waals surface area contributed by atoms with E-state index < -0.39 is 0 Å². The normalized spacial score (nSPS) is 10.6. The van der Waals surface area contributed by atoms with Gasteiger partial charge in [0, 0.05) is 8.95 Å². The van der Waals surface area contributed by atoms with Crippen LogP contribution in [0.3, 0.4) is 0 Å². The van der Waals surface area contributed by atoms with Crippen molar-refractivity contribution >= 4 is 66.7 Å². The second-order valence-corrected chi connectivity index (χ2v) is 6.28. The Morgan fingerprint density at radius 3 is 1.82 bits per heavy atom. The molecule has 0 unspecified atom stereocenters. The molecule has 2 rings (SSSR count). The van der Waals surface area contributed by atoms with Gasteiger partial charge in [0.1, 0.15) is 0 Å². The minimum atomic E-state index is 0.383. The highest BCUT2D eigenvalue weighted by atomic mass is 79.9. The molecule has 0 aliphatic heterocycles. The molecular weight excluding hydrogens is 410 g/mol. The summed E-state index contributed by atoms with van der Waals surface area (Å²) in [7, 11) is 0. The van der Waals surface area contributed by atoms with Crippen molar-refractivity contribution in [2.75, 3.05) is 0 Å². The van der Waals surface area contributed by atoms with Crippen molar-refractivity contribution in [3.05, 3.63) is 54.3 Å². The molecule has 0 bridgehead atoms. The Morgan fingerprint density at radius 1 is 0.706 bits per heavy atom. The molecule has 17 heavy (non-hydrogen) atoms. The fourth-order valence-electron chi connectivity index (χ4n) is 1.40. The number of hydrogen-bond donors (Lipinski definition) is 0. The zero-order valence-corrected chi connectivity index (χ0v) is 13.7. The average molecular weight is 415 g/mol. The second-order valence-electron chi connectivity index (χ2n) is 3.38. The number of benzene rings is 2. The molecule has 0 aliphatic rings. The van der Waals surface area contributed by atoms with E-state index in [0.717, 1.165) is 20.1 Å². The van der Waals surface area contributed by atoms with Crippen LogP contribution < -0.4 is 0 Å². The molecule has 0 radical (unpaired) electrons. The highest BCUT2D eigenvalue weighted by Crippen LogP contribution is 2.36. The molecule has 0 atom stereocenters. The van der Waals surface area contributed by atoms with E-state index in [1.165, 1.54) is 0 Å². The van der Waals surface area contributed by atoms with Gasteiger partial charge in [0.05, 0.1) is 15.1 Å². The molecule has 0 aliphatic carbocycles. The van der Waals surface area contributed by atoms with E-state index in [9.17, 15) is 0 Å². The minimum absolute atomic E-state index is 0.383. The quantitative estimate of drug-likeness (QED) is 0.448. The van der Waals surface area contributed by atoms with Crippen LogP contribution in [0.2, 0.25) is 15.1 Å². The minimum Gasteiger partial charge on any atom is -0.0826 e. The van der Waals surface area contributed by atoms with Gasteiger partial charge >= 0.3 is 0 Å². The first-order chi connectivity index (χ1) is 7.99. The van der Waals surface area contributed by atoms with Crippen LogP contribution in [0.15, 0.2) is 39.3 Å². The predicted octanol–water partition coefficient (Wildman–Crippen LogP) is 6.84. The van der Waals surface area contributed by atoms with Crippen molar-refractivity contribution in [1.82, 2.24) is 0 Å². The van der Waals surface area contributed by atoms with Gasteiger partial charge in [-0.3, -0.25) is 0 Å². The Balaban J connectivity index is 2.57. The summed E-state index contributed by atoms with van der Waals surface area (Å²) in [6.07, 6.45) is 0. The molecular formula is C12H5Br2Cl3. The fraction of sp³-hybridized carbons (Fsp3) is 0. The smallest absolute Gasteiger partial charge is 0.0778 e. The van der Waals surface area contributed by atoms with Crippen LogP contribution in [0, 0.1) is 0 Å². The Kier molecular flexibility index (Phi) is 4.43. The summed E-state index contributed by atoms with van der Waals surface area (Å²) in [4.78, 5) is 0. The van der Waals surface area contributed by atoms with Gasteiger partial charge < -0.3 is 0 Å². The third kappa shape index (κ3) is 2.99. The lowest BCUT2D eigenvalue weighted by Gasteiger charge is -2.07. The highest BCUT2D eigenvalue weighted by Gasteiger charge is 2.08. The van der Waals surface area contributed by atoms with Crippen molar-refractivity contribution < 1.29 is 0 Å². The lowest BCUT2D eigenvalue weighted by Crippen LogP contribution is -1.81. The summed E-state index contributed by atoms with van der Waals surface area (Å²) >= 11 is 24.8. The first-order valence-corrected chi connectivity index (χ1v) is 7.31. The van der Waals surface area contributed by atoms with Crippen LogP contribution in [0.5, 0.6) is 0 Å². The average Bonchev–Trinajstić information content (AvgIpc) is 2.29. The zero-order chi connectivity index (χ0) is 12.6. The zero-order valence-electron chi connectivity index (χ0n) is 8.28. The van der Waals surface area contributed by atoms with Gasteiger partial charge in [-0.25, -0.2) is 0 Å². The van der Waals surface area contributed by atoms with E-state index in [1.807, 2.05) is 18.2 Å². The highest BCUT2D eigenvalue weighted by molar-refractivity contribution is 9.13. The predicted molar refractivity (Wildman–Crippen MR) is 82.3 cm³/mol. The molecule has 0 spiro atoms. The molecule has 0 heterocycles. The van der Waals surface area contributed by atoms with Crippen LogP contribution >= 0.6 is 66.7 Å². The molecule has 0 saturated heterocycles. The Labute approximate surface area is 131 Å². The molecule has 0 N–H and O–H groups in total. The maximum absolute atomic E-state index is 6.00. The van der Waals surface area contributed by atoms with E-state index in [2.05, 4.69) is 31.9 Å². The Hall–Kier alpha value is 0.270. The summed E-state index contributed by atoms with van der Waals surface area (Å²) in [5, 5.41) is 1.29. The maximum Gasteiger partial charge on any atom is 0.0778 e. The second kappa shape index (κ2) is 5.50. The van der Waals surface area contributed by atoms with Crippen molar-refractivity contribution in [3.8, 4) is 11.1 Å². The van der Waals surface area contributed by atoms with Crippen molar-refractivity contribution in [3.63, 3.8) is 0 Å². The SMILES string of the molecule is Clc1cc(-c2ccc(Br)c(Br)c2)cc(Cl)c1Cl. The van der Waals surface area contributed by atoms with Crippen LogP contribution in [0.1, 0.15) is 0 Å². The Morgan fingerprint density at radius 2 is 1.29 bits per heavy atom. The van der Waals surface area contributed by atoms with Gasteiger partial charge in [0.2, 0.25) is 0 Å². The largest absolute Gasteiger partial charge is 0.0826 e. The molecule has 2 aromatic carbocycles. The van der Waals surface area contributed by atoms with Gasteiger partial charge in [-0.1, -0.05) is 40.9 Å². The number of hydrogen-bond acceptors (Lipinski definition) is 0. The summed E-state index contributed by atoms with van der Waals surface area (Å²) in [6, 6.07) is 9.51. The summed E-state index contributed by atoms with van der Waals surface area (Å²) in [5.74, 6) is 0. The van der Waals surface area contributed by atoms with Gasteiger partial charge in [-0.15, -0.1) is 0 Å². The molecule has 88 valence electrons. The molecule has 2 aromatic rings. The van der Waals surface area contributed by atoms with Gasteiger partial charge in [-0.2, -0.15) is 0 Å². The summed E-state index contributed by atoms with van der Waals surface area (Å²) in [5.41, 5.74) is 1.94. The van der Waals surface area contributed by atoms with E-state index in [0.29, 0.717) is 15.1 Å². The molecule has 0 amide bonds. The first-order valence-electron chi connectivity index (χ1n) is 4.59. The maximum atomic E-state index is 6.00. The van der Waals surface area contributed by atoms with Crippen molar-refractivity contribution in [2.45, 2.75) is 0 Å². The molecule has 5 heteroatoms. The van der Waals surface area contributed by atoms with E-state index in [4.69, 9.17) is 34.8 Å². The first kappa shape index (κ1) is 13.7. The monoisotopic (exact) mass is 412 g/mol. The van der Waals surface area contributed by atoms with Crippen LogP contribution in [-0.4, -0.2) is 0 Å². The molecule has 0 aromatic heterocycles. The molecule has 0 nitrogen and oxygen atoms in total. The van der Waals surface area contributed by atoms with Gasteiger partial charge in [0.15, 0.2) is 0 Å². The van der Waals surface area contributed by atoms with Crippen molar-refractivity contribution in [2.24, 2.45) is 0 Å². The van der Waals surface area contributed by atoms with E-state index in [-0.39, 0.29) is 0 Å². The van der Waals surface area contributed by atoms with E-state index >= 15 is 0 Å². The van der Waals surface area contributed by atoms with Crippen molar-refractivity contribution in [1.29, 1.82) is 0 Å². The summed E-state index contributed by atoms with van der Waals surface area (Å²) < 4.78 is 1.96. The third-order valence-corrected chi connectivity index (χ3v) is 5.31. The van der Waals surface area contributed by atoms with Gasteiger partial charge in [-0.05, 0) is 67.3 Å². The fourth-order valence-corrected chi connectivity index (χ4v) is 2.62. The summed E-state index contributed by atoms with van der Waals surface area (Å²) in [6.45, 7) is 0. The molecule has 0 saturated carbocycles. The molecule has 0 fully saturated rings. The standard InChI is InChI=1S/C12H5Br2Cl3/c13-8-2-1-6(3-9(8)14)7-4-10(15)12(17)11(16)5-7/h1-5H. The third-order valence-electron chi connectivity index (χ3n) is 2.24. The lowest BCUT2D eigenvalue weighted by atomic mass is 10.1. The lowest BCUT2D eigenvalue weighted by molar-refractivity contribution is 1.56. The number of halogens is 5. The Bertz CT molecular complexity index is 559.